The van der Waals surface area contributed by atoms with Crippen molar-refractivity contribution in [2.24, 2.45) is 11.8 Å². The summed E-state index contributed by atoms with van der Waals surface area (Å²) >= 11 is 1.65. The fourth-order valence-corrected chi connectivity index (χ4v) is 9.64. The molecule has 0 bridgehead atoms. The topological polar surface area (TPSA) is 134 Å². The van der Waals surface area contributed by atoms with Crippen LogP contribution in [-0.2, 0) is 41.6 Å². The number of para-hydroxylation sites is 2. The quantitative estimate of drug-likeness (QED) is 0.199. The van der Waals surface area contributed by atoms with E-state index in [-0.39, 0.29) is 29.0 Å². The zero-order valence-electron chi connectivity index (χ0n) is 32.4. The van der Waals surface area contributed by atoms with Crippen molar-refractivity contribution in [2.75, 3.05) is 31.4 Å². The highest BCUT2D eigenvalue weighted by Gasteiger charge is 2.44. The van der Waals surface area contributed by atoms with E-state index in [0.717, 1.165) is 36.8 Å². The van der Waals surface area contributed by atoms with Crippen molar-refractivity contribution in [1.29, 1.82) is 0 Å². The van der Waals surface area contributed by atoms with Crippen molar-refractivity contribution in [2.45, 2.75) is 94.1 Å². The molecule has 11 nitrogen and oxygen atoms in total. The number of rotatable bonds is 14. The highest BCUT2D eigenvalue weighted by Crippen LogP contribution is 2.35. The Morgan fingerprint density at radius 1 is 0.714 bits per heavy atom. The Kier molecular flexibility index (Phi) is 14.5. The molecule has 3 aromatic carbocycles. The van der Waals surface area contributed by atoms with Gasteiger partial charge in [0.15, 0.2) is 0 Å². The van der Waals surface area contributed by atoms with Crippen molar-refractivity contribution in [3.8, 4) is 5.75 Å². The molecule has 3 fully saturated rings. The summed E-state index contributed by atoms with van der Waals surface area (Å²) in [5.74, 6) is -1.13. The lowest BCUT2D eigenvalue weighted by Crippen LogP contribution is -2.57. The van der Waals surface area contributed by atoms with Crippen LogP contribution >= 0.6 is 11.8 Å². The highest BCUT2D eigenvalue weighted by atomic mass is 32.2. The Labute approximate surface area is 334 Å². The van der Waals surface area contributed by atoms with Crippen LogP contribution in [0.1, 0.15) is 68.9 Å². The second-order valence-electron chi connectivity index (χ2n) is 15.0. The summed E-state index contributed by atoms with van der Waals surface area (Å²) in [5, 5.41) is 6.09. The van der Waals surface area contributed by atoms with Gasteiger partial charge in [-0.2, -0.15) is 0 Å². The van der Waals surface area contributed by atoms with Crippen LogP contribution in [0.25, 0.3) is 0 Å². The van der Waals surface area contributed by atoms with Gasteiger partial charge in [0, 0.05) is 18.4 Å². The van der Waals surface area contributed by atoms with E-state index in [2.05, 4.69) is 10.6 Å². The molecule has 0 radical (unpaired) electrons. The fourth-order valence-electron chi connectivity index (χ4n) is 8.25. The Hall–Kier alpha value is -4.84. The summed E-state index contributed by atoms with van der Waals surface area (Å²) in [7, 11) is 2.92. The smallest absolute Gasteiger partial charge is 0.328 e. The molecule has 298 valence electrons. The van der Waals surface area contributed by atoms with Crippen molar-refractivity contribution < 1.29 is 33.4 Å². The van der Waals surface area contributed by atoms with E-state index in [1.807, 2.05) is 84.9 Å². The van der Waals surface area contributed by atoms with Gasteiger partial charge in [0.2, 0.25) is 23.6 Å². The number of piperidine rings is 1. The van der Waals surface area contributed by atoms with Crippen LogP contribution in [0.3, 0.4) is 0 Å². The minimum Gasteiger partial charge on any atom is -0.495 e. The maximum Gasteiger partial charge on any atom is 0.328 e. The zero-order chi connectivity index (χ0) is 39.4. The largest absolute Gasteiger partial charge is 0.495 e. The third-order valence-electron chi connectivity index (χ3n) is 11.3. The van der Waals surface area contributed by atoms with Crippen LogP contribution in [0.15, 0.2) is 84.9 Å². The van der Waals surface area contributed by atoms with Crippen LogP contribution < -0.4 is 20.3 Å². The molecule has 12 heteroatoms. The molecule has 3 aliphatic heterocycles. The number of anilines is 1. The van der Waals surface area contributed by atoms with Crippen LogP contribution in [-0.4, -0.2) is 84.5 Å². The molecule has 0 aromatic heterocycles. The lowest BCUT2D eigenvalue weighted by molar-refractivity contribution is -0.156. The number of benzene rings is 3. The highest BCUT2D eigenvalue weighted by molar-refractivity contribution is 7.99. The molecule has 6 rings (SSSR count). The van der Waals surface area contributed by atoms with Gasteiger partial charge in [-0.3, -0.25) is 19.2 Å². The fraction of sp³-hybridized carbons (Fsp3) is 0.477. The first-order valence-electron chi connectivity index (χ1n) is 19.9. The van der Waals surface area contributed by atoms with Crippen LogP contribution in [0, 0.1) is 11.8 Å². The first-order valence-corrected chi connectivity index (χ1v) is 21.0. The number of thioether (sulfide) groups is 1. The van der Waals surface area contributed by atoms with E-state index in [1.165, 1.54) is 7.11 Å². The van der Waals surface area contributed by atoms with Gasteiger partial charge in [-0.05, 0) is 99.6 Å². The molecule has 56 heavy (non-hydrogen) atoms. The molecule has 3 aromatic rings. The number of ether oxygens (including phenoxy) is 2. The Morgan fingerprint density at radius 2 is 1.30 bits per heavy atom. The number of amides is 4. The third-order valence-corrected chi connectivity index (χ3v) is 12.6. The van der Waals surface area contributed by atoms with E-state index in [9.17, 15) is 24.0 Å². The number of fused-ring (bicyclic) bond motifs is 1. The van der Waals surface area contributed by atoms with E-state index in [4.69, 9.17) is 9.47 Å². The van der Waals surface area contributed by atoms with Gasteiger partial charge in [0.05, 0.1) is 25.3 Å². The molecule has 3 heterocycles. The molecule has 6 atom stereocenters. The maximum absolute atomic E-state index is 14.3. The normalized spacial score (nSPS) is 22.5. The molecular formula is C44H54N4O7S. The number of nitrogens with zero attached hydrogens (tertiary/aromatic N) is 2. The van der Waals surface area contributed by atoms with Crippen LogP contribution in [0.4, 0.5) is 5.69 Å². The Balaban J connectivity index is 1.20. The number of nitrogens with one attached hydrogen (secondary N) is 2. The van der Waals surface area contributed by atoms with E-state index < -0.39 is 35.9 Å². The number of hydrogen-bond acceptors (Lipinski definition) is 8. The molecule has 3 saturated heterocycles. The third kappa shape index (κ3) is 10.1. The van der Waals surface area contributed by atoms with Gasteiger partial charge in [-0.15, -0.1) is 11.8 Å². The van der Waals surface area contributed by atoms with Crippen molar-refractivity contribution >= 4 is 47.0 Å². The van der Waals surface area contributed by atoms with Gasteiger partial charge in [0.25, 0.3) is 0 Å². The summed E-state index contributed by atoms with van der Waals surface area (Å²) in [4.78, 5) is 72.9. The first-order chi connectivity index (χ1) is 27.3. The summed E-state index contributed by atoms with van der Waals surface area (Å²) in [5.41, 5.74) is 2.64. The predicted octanol–water partition coefficient (Wildman–Crippen LogP) is 5.70. The summed E-state index contributed by atoms with van der Waals surface area (Å²) in [6, 6.07) is 24.8. The number of carbonyl (C=O) groups is 5. The Morgan fingerprint density at radius 3 is 1.91 bits per heavy atom. The average molecular weight is 783 g/mol. The van der Waals surface area contributed by atoms with E-state index in [1.54, 1.807) is 28.7 Å². The van der Waals surface area contributed by atoms with E-state index >= 15 is 0 Å². The molecule has 0 unspecified atom stereocenters. The zero-order valence-corrected chi connectivity index (χ0v) is 33.2. The minimum atomic E-state index is -0.778. The summed E-state index contributed by atoms with van der Waals surface area (Å²) in [6.45, 7) is 0.527. The molecule has 0 spiro atoms. The number of hydrogen-bond donors (Lipinski definition) is 2. The van der Waals surface area contributed by atoms with Crippen LogP contribution in [0.2, 0.25) is 0 Å². The predicted molar refractivity (Wildman–Crippen MR) is 217 cm³/mol. The van der Waals surface area contributed by atoms with Crippen molar-refractivity contribution in [1.82, 2.24) is 15.5 Å². The SMILES string of the molecule is COC(=O)[C@@H]1CCC[C@@H]2SCC[C@H](NC(=O)[C@H](CC[C@H](Cc3ccccc3)C(=O)N[C@H]3CCCCN(c4ccccc4OC)C3=O)Cc3ccccc3)C(=O)N21. The number of carbonyl (C=O) groups excluding carboxylic acids is 5. The first kappa shape index (κ1) is 40.8. The van der Waals surface area contributed by atoms with Crippen molar-refractivity contribution in [3.05, 3.63) is 96.1 Å². The molecule has 3 aliphatic rings. The van der Waals surface area contributed by atoms with Gasteiger partial charge >= 0.3 is 5.97 Å². The van der Waals surface area contributed by atoms with Gasteiger partial charge < -0.3 is 29.9 Å². The van der Waals surface area contributed by atoms with E-state index in [0.29, 0.717) is 68.7 Å². The lowest BCUT2D eigenvalue weighted by atomic mass is 9.86. The van der Waals surface area contributed by atoms with Gasteiger partial charge in [0.1, 0.15) is 23.9 Å². The molecule has 4 amide bonds. The molecule has 2 N–H and O–H groups in total. The summed E-state index contributed by atoms with van der Waals surface area (Å²) in [6.07, 6.45) is 6.32. The van der Waals surface area contributed by atoms with Gasteiger partial charge in [-0.25, -0.2) is 4.79 Å². The minimum absolute atomic E-state index is 0.137. The molecule has 0 saturated carbocycles. The lowest BCUT2D eigenvalue weighted by Gasteiger charge is -2.40. The number of esters is 1. The monoisotopic (exact) mass is 782 g/mol. The second kappa shape index (κ2) is 19.8. The second-order valence-corrected chi connectivity index (χ2v) is 16.2. The Bertz CT molecular complexity index is 1810. The maximum atomic E-state index is 14.3. The van der Waals surface area contributed by atoms with Gasteiger partial charge in [-0.1, -0.05) is 72.8 Å². The van der Waals surface area contributed by atoms with Crippen molar-refractivity contribution in [3.63, 3.8) is 0 Å². The molecular weight excluding hydrogens is 729 g/mol. The number of methoxy groups -OCH3 is 2. The molecule has 0 aliphatic carbocycles. The standard InChI is InChI=1S/C44H54N4O7S/c1-54-38-21-10-9-19-36(38)47-26-12-11-18-34(42(47)51)45-40(49)32(28-30-14-5-3-6-15-30)23-24-33(29-31-16-7-4-8-17-31)41(50)46-35-25-27-56-39-22-13-20-37(44(53)55-2)48(39)43(35)52/h3-10,14-17,19,21,32-35,37,39H,11-13,18,20,22-29H2,1-2H3,(H,45,49)(H,46,50)/t32-,33-,34+,35+,37+,39+/m1/s1. The average Bonchev–Trinajstić information content (AvgIpc) is 3.51. The summed E-state index contributed by atoms with van der Waals surface area (Å²) < 4.78 is 10.6. The van der Waals surface area contributed by atoms with Crippen LogP contribution in [0.5, 0.6) is 5.75 Å².